The van der Waals surface area contributed by atoms with E-state index >= 15 is 0 Å². The first kappa shape index (κ1) is 16.3. The first-order valence-electron chi connectivity index (χ1n) is 8.76. The van der Waals surface area contributed by atoms with Gasteiger partial charge in [0.05, 0.1) is 0 Å². The van der Waals surface area contributed by atoms with E-state index in [1.807, 2.05) is 0 Å². The molecule has 3 heteroatoms. The van der Waals surface area contributed by atoms with Gasteiger partial charge in [0.15, 0.2) is 0 Å². The zero-order valence-electron chi connectivity index (χ0n) is 14.1. The lowest BCUT2D eigenvalue weighted by Gasteiger charge is -2.42. The third-order valence-corrected chi connectivity index (χ3v) is 5.47. The highest BCUT2D eigenvalue weighted by molar-refractivity contribution is 4.88. The minimum Gasteiger partial charge on any atom is -0.313 e. The van der Waals surface area contributed by atoms with Crippen LogP contribution in [-0.2, 0) is 0 Å². The van der Waals surface area contributed by atoms with Gasteiger partial charge in [-0.05, 0) is 38.0 Å². The Bertz CT molecular complexity index is 282. The SMILES string of the molecule is CCC(C)N1CCN(CC(C)(CC)CNC2CC2)CC1. The van der Waals surface area contributed by atoms with Crippen molar-refractivity contribution < 1.29 is 0 Å². The van der Waals surface area contributed by atoms with E-state index in [9.17, 15) is 0 Å². The Labute approximate surface area is 126 Å². The van der Waals surface area contributed by atoms with Crippen molar-refractivity contribution in [3.63, 3.8) is 0 Å². The summed E-state index contributed by atoms with van der Waals surface area (Å²) >= 11 is 0. The van der Waals surface area contributed by atoms with Crippen LogP contribution in [0, 0.1) is 5.41 Å². The van der Waals surface area contributed by atoms with Gasteiger partial charge < -0.3 is 10.2 Å². The summed E-state index contributed by atoms with van der Waals surface area (Å²) in [5.74, 6) is 0. The molecule has 0 radical (unpaired) electrons. The summed E-state index contributed by atoms with van der Waals surface area (Å²) in [6.07, 6.45) is 5.34. The third kappa shape index (κ3) is 4.71. The molecule has 2 fully saturated rings. The van der Waals surface area contributed by atoms with Crippen LogP contribution in [0.5, 0.6) is 0 Å². The molecule has 1 N–H and O–H groups in total. The highest BCUT2D eigenvalue weighted by atomic mass is 15.3. The van der Waals surface area contributed by atoms with Crippen molar-refractivity contribution in [1.29, 1.82) is 0 Å². The van der Waals surface area contributed by atoms with Crippen LogP contribution in [-0.4, -0.2) is 61.2 Å². The molecule has 20 heavy (non-hydrogen) atoms. The Morgan fingerprint density at radius 2 is 1.80 bits per heavy atom. The van der Waals surface area contributed by atoms with Gasteiger partial charge in [-0.15, -0.1) is 0 Å². The summed E-state index contributed by atoms with van der Waals surface area (Å²) in [5, 5.41) is 3.74. The van der Waals surface area contributed by atoms with E-state index in [1.165, 1.54) is 65.0 Å². The van der Waals surface area contributed by atoms with Crippen molar-refractivity contribution in [2.45, 2.75) is 65.5 Å². The summed E-state index contributed by atoms with van der Waals surface area (Å²) in [7, 11) is 0. The molecule has 1 aliphatic heterocycles. The first-order chi connectivity index (χ1) is 9.56. The van der Waals surface area contributed by atoms with Crippen molar-refractivity contribution in [2.24, 2.45) is 5.41 Å². The Morgan fingerprint density at radius 1 is 1.15 bits per heavy atom. The quantitative estimate of drug-likeness (QED) is 0.738. The second kappa shape index (κ2) is 7.24. The fraction of sp³-hybridized carbons (Fsp3) is 1.00. The third-order valence-electron chi connectivity index (χ3n) is 5.47. The Morgan fingerprint density at radius 3 is 2.30 bits per heavy atom. The number of piperazine rings is 1. The molecule has 1 saturated carbocycles. The molecule has 0 aromatic carbocycles. The molecular weight excluding hydrogens is 246 g/mol. The molecule has 0 spiro atoms. The molecule has 2 rings (SSSR count). The normalized spacial score (nSPS) is 26.4. The van der Waals surface area contributed by atoms with Crippen LogP contribution in [0.2, 0.25) is 0 Å². The number of hydrogen-bond acceptors (Lipinski definition) is 3. The van der Waals surface area contributed by atoms with Gasteiger partial charge in [-0.3, -0.25) is 4.90 Å². The minimum atomic E-state index is 0.446. The number of rotatable bonds is 8. The smallest absolute Gasteiger partial charge is 0.0113 e. The molecule has 0 amide bonds. The molecule has 0 bridgehead atoms. The van der Waals surface area contributed by atoms with Crippen LogP contribution < -0.4 is 5.32 Å². The number of hydrogen-bond donors (Lipinski definition) is 1. The summed E-state index contributed by atoms with van der Waals surface area (Å²) in [6.45, 7) is 17.0. The Kier molecular flexibility index (Phi) is 5.88. The summed E-state index contributed by atoms with van der Waals surface area (Å²) in [5.41, 5.74) is 0.446. The maximum Gasteiger partial charge on any atom is 0.0113 e. The van der Waals surface area contributed by atoms with Gasteiger partial charge in [-0.2, -0.15) is 0 Å². The molecule has 0 aromatic heterocycles. The second-order valence-corrected chi connectivity index (χ2v) is 7.39. The molecular formula is C17H35N3. The van der Waals surface area contributed by atoms with Crippen LogP contribution >= 0.6 is 0 Å². The van der Waals surface area contributed by atoms with Crippen LogP contribution in [0.4, 0.5) is 0 Å². The molecule has 2 unspecified atom stereocenters. The largest absolute Gasteiger partial charge is 0.313 e. The van der Waals surface area contributed by atoms with Crippen molar-refractivity contribution >= 4 is 0 Å². The predicted molar refractivity (Wildman–Crippen MR) is 87.2 cm³/mol. The second-order valence-electron chi connectivity index (χ2n) is 7.39. The summed E-state index contributed by atoms with van der Waals surface area (Å²) in [6, 6.07) is 1.59. The highest BCUT2D eigenvalue weighted by Gasteiger charge is 2.30. The zero-order chi connectivity index (χ0) is 14.6. The average Bonchev–Trinajstić information content (AvgIpc) is 3.29. The first-order valence-corrected chi connectivity index (χ1v) is 8.76. The molecule has 0 aromatic rings. The van der Waals surface area contributed by atoms with E-state index in [4.69, 9.17) is 0 Å². The zero-order valence-corrected chi connectivity index (χ0v) is 14.1. The van der Waals surface area contributed by atoms with Crippen LogP contribution in [0.1, 0.15) is 53.4 Å². The molecule has 118 valence electrons. The monoisotopic (exact) mass is 281 g/mol. The van der Waals surface area contributed by atoms with E-state index in [0.29, 0.717) is 5.41 Å². The molecule has 3 nitrogen and oxygen atoms in total. The maximum atomic E-state index is 3.74. The molecule has 1 aliphatic carbocycles. The Balaban J connectivity index is 1.74. The van der Waals surface area contributed by atoms with Crippen molar-refractivity contribution in [1.82, 2.24) is 15.1 Å². The van der Waals surface area contributed by atoms with Crippen LogP contribution in [0.15, 0.2) is 0 Å². The fourth-order valence-corrected chi connectivity index (χ4v) is 3.13. The minimum absolute atomic E-state index is 0.446. The summed E-state index contributed by atoms with van der Waals surface area (Å²) < 4.78 is 0. The van der Waals surface area contributed by atoms with E-state index in [-0.39, 0.29) is 0 Å². The topological polar surface area (TPSA) is 18.5 Å². The molecule has 2 atom stereocenters. The fourth-order valence-electron chi connectivity index (χ4n) is 3.13. The van der Waals surface area contributed by atoms with Gasteiger partial charge in [0.1, 0.15) is 0 Å². The van der Waals surface area contributed by atoms with Crippen molar-refractivity contribution in [3.8, 4) is 0 Å². The van der Waals surface area contributed by atoms with Crippen LogP contribution in [0.3, 0.4) is 0 Å². The summed E-state index contributed by atoms with van der Waals surface area (Å²) in [4.78, 5) is 5.35. The van der Waals surface area contributed by atoms with E-state index in [2.05, 4.69) is 42.8 Å². The lowest BCUT2D eigenvalue weighted by molar-refractivity contribution is 0.0686. The highest BCUT2D eigenvalue weighted by Crippen LogP contribution is 2.26. The van der Waals surface area contributed by atoms with E-state index in [0.717, 1.165) is 12.1 Å². The van der Waals surface area contributed by atoms with Gasteiger partial charge in [0.2, 0.25) is 0 Å². The standard InChI is InChI=1S/C17H35N3/c1-5-15(3)20-11-9-19(10-12-20)14-17(4,6-2)13-18-16-7-8-16/h15-16,18H,5-14H2,1-4H3. The molecule has 2 aliphatic rings. The van der Waals surface area contributed by atoms with Gasteiger partial charge in [0.25, 0.3) is 0 Å². The predicted octanol–water partition coefficient (Wildman–Crippen LogP) is 2.57. The number of nitrogens with zero attached hydrogens (tertiary/aromatic N) is 2. The molecule has 1 saturated heterocycles. The molecule has 1 heterocycles. The Hall–Kier alpha value is -0.120. The van der Waals surface area contributed by atoms with E-state index < -0.39 is 0 Å². The van der Waals surface area contributed by atoms with Gasteiger partial charge in [0, 0.05) is 51.4 Å². The lowest BCUT2D eigenvalue weighted by Crippen LogP contribution is -2.52. The van der Waals surface area contributed by atoms with Gasteiger partial charge in [-0.25, -0.2) is 0 Å². The van der Waals surface area contributed by atoms with E-state index in [1.54, 1.807) is 0 Å². The van der Waals surface area contributed by atoms with Gasteiger partial charge >= 0.3 is 0 Å². The van der Waals surface area contributed by atoms with Gasteiger partial charge in [-0.1, -0.05) is 20.8 Å². The van der Waals surface area contributed by atoms with Crippen molar-refractivity contribution in [2.75, 3.05) is 39.3 Å². The maximum absolute atomic E-state index is 3.74. The number of nitrogens with one attached hydrogen (secondary N) is 1. The van der Waals surface area contributed by atoms with Crippen molar-refractivity contribution in [3.05, 3.63) is 0 Å². The lowest BCUT2D eigenvalue weighted by atomic mass is 9.86. The average molecular weight is 281 g/mol. The van der Waals surface area contributed by atoms with Crippen LogP contribution in [0.25, 0.3) is 0 Å².